The van der Waals surface area contributed by atoms with E-state index in [0.29, 0.717) is 6.54 Å². The van der Waals surface area contributed by atoms with Crippen molar-refractivity contribution in [3.05, 3.63) is 21.3 Å². The summed E-state index contributed by atoms with van der Waals surface area (Å²) in [5, 5.41) is 8.65. The molecule has 0 aromatic carbocycles. The van der Waals surface area contributed by atoms with E-state index >= 15 is 0 Å². The van der Waals surface area contributed by atoms with Gasteiger partial charge in [0.25, 0.3) is 0 Å². The van der Waals surface area contributed by atoms with E-state index in [9.17, 15) is 4.79 Å². The Bertz CT molecular complexity index is 356. The second kappa shape index (κ2) is 6.20. The van der Waals surface area contributed by atoms with E-state index in [1.165, 1.54) is 4.88 Å². The van der Waals surface area contributed by atoms with Crippen LogP contribution < -0.4 is 5.73 Å². The Balaban J connectivity index is 2.30. The number of aliphatic carboxylic acids is 1. The smallest absolute Gasteiger partial charge is 0.321 e. The molecular formula is C10H15ClN2O2S. The Hall–Kier alpha value is -0.620. The van der Waals surface area contributed by atoms with Crippen LogP contribution in [0.15, 0.2) is 12.1 Å². The van der Waals surface area contributed by atoms with Gasteiger partial charge < -0.3 is 15.7 Å². The molecule has 1 aromatic rings. The number of carboxylic acid groups (broad SMARTS) is 1. The van der Waals surface area contributed by atoms with Crippen LogP contribution in [-0.2, 0) is 11.2 Å². The maximum Gasteiger partial charge on any atom is 0.321 e. The molecule has 4 nitrogen and oxygen atoms in total. The van der Waals surface area contributed by atoms with Gasteiger partial charge >= 0.3 is 5.97 Å². The third-order valence-corrected chi connectivity index (χ3v) is 3.49. The minimum Gasteiger partial charge on any atom is -0.480 e. The van der Waals surface area contributed by atoms with Crippen LogP contribution >= 0.6 is 22.9 Å². The molecule has 0 aliphatic rings. The maximum absolute atomic E-state index is 10.5. The van der Waals surface area contributed by atoms with Crippen molar-refractivity contribution in [1.29, 1.82) is 0 Å². The molecule has 1 aromatic heterocycles. The fraction of sp³-hybridized carbons (Fsp3) is 0.500. The number of nitrogens with two attached hydrogens (primary N) is 1. The summed E-state index contributed by atoms with van der Waals surface area (Å²) in [4.78, 5) is 13.6. The molecular weight excluding hydrogens is 248 g/mol. The number of carbonyl (C=O) groups is 1. The summed E-state index contributed by atoms with van der Waals surface area (Å²) in [5.41, 5.74) is 5.43. The zero-order chi connectivity index (χ0) is 12.1. The highest BCUT2D eigenvalue weighted by Gasteiger charge is 2.13. The van der Waals surface area contributed by atoms with Gasteiger partial charge in [0.1, 0.15) is 6.04 Å². The number of likely N-dealkylation sites (N-methyl/N-ethyl adjacent to an activating group) is 1. The lowest BCUT2D eigenvalue weighted by atomic mass is 10.2. The molecule has 3 N–H and O–H groups in total. The van der Waals surface area contributed by atoms with Crippen LogP contribution in [0.4, 0.5) is 0 Å². The van der Waals surface area contributed by atoms with Crippen molar-refractivity contribution in [2.45, 2.75) is 12.5 Å². The largest absolute Gasteiger partial charge is 0.480 e. The standard InChI is InChI=1S/C10H15ClN2O2S/c1-13(6-8(12)10(14)15)5-4-7-2-3-9(11)16-7/h2-3,8H,4-6,12H2,1H3,(H,14,15). The van der Waals surface area contributed by atoms with E-state index in [1.807, 2.05) is 24.1 Å². The molecule has 1 atom stereocenters. The lowest BCUT2D eigenvalue weighted by molar-refractivity contribution is -0.138. The molecule has 1 heterocycles. The van der Waals surface area contributed by atoms with Crippen molar-refractivity contribution in [3.8, 4) is 0 Å². The molecule has 0 aliphatic heterocycles. The van der Waals surface area contributed by atoms with Crippen molar-refractivity contribution in [2.75, 3.05) is 20.1 Å². The van der Waals surface area contributed by atoms with Crippen molar-refractivity contribution < 1.29 is 9.90 Å². The van der Waals surface area contributed by atoms with Crippen LogP contribution in [0.2, 0.25) is 4.34 Å². The van der Waals surface area contributed by atoms with Crippen molar-refractivity contribution in [2.24, 2.45) is 5.73 Å². The third-order valence-electron chi connectivity index (χ3n) is 2.19. The first kappa shape index (κ1) is 13.4. The van der Waals surface area contributed by atoms with Crippen LogP contribution in [-0.4, -0.2) is 42.2 Å². The monoisotopic (exact) mass is 262 g/mol. The number of nitrogens with zero attached hydrogens (tertiary/aromatic N) is 1. The molecule has 0 radical (unpaired) electrons. The summed E-state index contributed by atoms with van der Waals surface area (Å²) < 4.78 is 0.778. The van der Waals surface area contributed by atoms with Gasteiger partial charge in [0, 0.05) is 18.0 Å². The number of hydrogen-bond donors (Lipinski definition) is 2. The van der Waals surface area contributed by atoms with Gasteiger partial charge in [-0.05, 0) is 25.6 Å². The molecule has 0 amide bonds. The Kier molecular flexibility index (Phi) is 5.21. The second-order valence-corrected chi connectivity index (χ2v) is 5.46. The minimum atomic E-state index is -0.967. The predicted molar refractivity (Wildman–Crippen MR) is 66.1 cm³/mol. The molecule has 0 aliphatic carbocycles. The van der Waals surface area contributed by atoms with E-state index in [-0.39, 0.29) is 0 Å². The fourth-order valence-electron chi connectivity index (χ4n) is 1.29. The molecule has 0 saturated heterocycles. The fourth-order valence-corrected chi connectivity index (χ4v) is 2.37. The topological polar surface area (TPSA) is 66.6 Å². The Morgan fingerprint density at radius 3 is 2.88 bits per heavy atom. The summed E-state index contributed by atoms with van der Waals surface area (Å²) in [6, 6.07) is 3.03. The highest BCUT2D eigenvalue weighted by molar-refractivity contribution is 7.16. The van der Waals surface area contributed by atoms with Gasteiger partial charge in [-0.1, -0.05) is 11.6 Å². The van der Waals surface area contributed by atoms with Crippen molar-refractivity contribution in [3.63, 3.8) is 0 Å². The summed E-state index contributed by atoms with van der Waals surface area (Å²) in [5.74, 6) is -0.967. The van der Waals surface area contributed by atoms with Gasteiger partial charge in [-0.3, -0.25) is 4.79 Å². The molecule has 0 saturated carbocycles. The van der Waals surface area contributed by atoms with Crippen molar-refractivity contribution >= 4 is 28.9 Å². The second-order valence-electron chi connectivity index (χ2n) is 3.66. The average molecular weight is 263 g/mol. The Morgan fingerprint density at radius 1 is 1.69 bits per heavy atom. The third kappa shape index (κ3) is 4.49. The number of carboxylic acids is 1. The van der Waals surface area contributed by atoms with Crippen molar-refractivity contribution in [1.82, 2.24) is 4.90 Å². The molecule has 1 unspecified atom stereocenters. The molecule has 16 heavy (non-hydrogen) atoms. The van der Waals surface area contributed by atoms with E-state index in [0.717, 1.165) is 17.3 Å². The lowest BCUT2D eigenvalue weighted by Crippen LogP contribution is -2.41. The Morgan fingerprint density at radius 2 is 2.38 bits per heavy atom. The average Bonchev–Trinajstić information content (AvgIpc) is 2.61. The molecule has 6 heteroatoms. The number of hydrogen-bond acceptors (Lipinski definition) is 4. The van der Waals surface area contributed by atoms with Gasteiger partial charge in [-0.15, -0.1) is 11.3 Å². The van der Waals surface area contributed by atoms with Crippen LogP contribution in [0.5, 0.6) is 0 Å². The highest BCUT2D eigenvalue weighted by atomic mass is 35.5. The van der Waals surface area contributed by atoms with E-state index in [1.54, 1.807) is 11.3 Å². The zero-order valence-corrected chi connectivity index (χ0v) is 10.6. The predicted octanol–water partition coefficient (Wildman–Crippen LogP) is 1.29. The van der Waals surface area contributed by atoms with E-state index in [4.69, 9.17) is 22.4 Å². The number of halogens is 1. The number of thiophene rings is 1. The quantitative estimate of drug-likeness (QED) is 0.811. The summed E-state index contributed by atoms with van der Waals surface area (Å²) in [7, 11) is 1.86. The van der Waals surface area contributed by atoms with E-state index in [2.05, 4.69) is 0 Å². The van der Waals surface area contributed by atoms with Gasteiger partial charge in [0.05, 0.1) is 4.34 Å². The first-order valence-electron chi connectivity index (χ1n) is 4.90. The summed E-state index contributed by atoms with van der Waals surface area (Å²) >= 11 is 7.35. The highest BCUT2D eigenvalue weighted by Crippen LogP contribution is 2.21. The van der Waals surface area contributed by atoms with Gasteiger partial charge in [-0.25, -0.2) is 0 Å². The lowest BCUT2D eigenvalue weighted by Gasteiger charge is -2.18. The van der Waals surface area contributed by atoms with Crippen LogP contribution in [0.3, 0.4) is 0 Å². The maximum atomic E-state index is 10.5. The SMILES string of the molecule is CN(CCc1ccc(Cl)s1)CC(N)C(=O)O. The summed E-state index contributed by atoms with van der Waals surface area (Å²) in [6.45, 7) is 1.13. The molecule has 1 rings (SSSR count). The van der Waals surface area contributed by atoms with Crippen LogP contribution in [0, 0.1) is 0 Å². The van der Waals surface area contributed by atoms with Crippen LogP contribution in [0.1, 0.15) is 4.88 Å². The minimum absolute atomic E-state index is 0.356. The molecule has 0 fully saturated rings. The molecule has 0 spiro atoms. The first-order valence-corrected chi connectivity index (χ1v) is 6.09. The van der Waals surface area contributed by atoms with Gasteiger partial charge in [-0.2, -0.15) is 0 Å². The number of rotatable bonds is 6. The van der Waals surface area contributed by atoms with Crippen LogP contribution in [0.25, 0.3) is 0 Å². The normalized spacial score (nSPS) is 13.0. The van der Waals surface area contributed by atoms with Gasteiger partial charge in [0.15, 0.2) is 0 Å². The van der Waals surface area contributed by atoms with E-state index < -0.39 is 12.0 Å². The molecule has 0 bridgehead atoms. The summed E-state index contributed by atoms with van der Waals surface area (Å²) in [6.07, 6.45) is 0.861. The Labute approximate surface area is 104 Å². The first-order chi connectivity index (χ1) is 7.49. The zero-order valence-electron chi connectivity index (χ0n) is 9.02. The molecule has 90 valence electrons. The van der Waals surface area contributed by atoms with Gasteiger partial charge in [0.2, 0.25) is 0 Å².